The zero-order valence-corrected chi connectivity index (χ0v) is 14.0. The van der Waals surface area contributed by atoms with E-state index < -0.39 is 0 Å². The van der Waals surface area contributed by atoms with Gasteiger partial charge in [0.25, 0.3) is 0 Å². The van der Waals surface area contributed by atoms with Crippen LogP contribution < -0.4 is 0 Å². The molecular weight excluding hydrogens is 328 g/mol. The Morgan fingerprint density at radius 1 is 0.783 bits per heavy atom. The average molecular weight is 346 g/mol. The Balaban J connectivity index is 0.000000377. The van der Waals surface area contributed by atoms with Gasteiger partial charge in [-0.1, -0.05) is 37.3 Å². The molecule has 0 bridgehead atoms. The molecule has 23 heavy (non-hydrogen) atoms. The third-order valence-corrected chi connectivity index (χ3v) is 3.27. The van der Waals surface area contributed by atoms with E-state index in [9.17, 15) is 9.59 Å². The molecule has 2 aliphatic carbocycles. The second-order valence-corrected chi connectivity index (χ2v) is 4.79. The molecule has 2 fully saturated rings. The van der Waals surface area contributed by atoms with Crippen LogP contribution in [0.2, 0.25) is 0 Å². The first-order chi connectivity index (χ1) is 10.7. The van der Waals surface area contributed by atoms with Crippen molar-refractivity contribution in [2.75, 3.05) is 0 Å². The van der Waals surface area contributed by atoms with E-state index in [0.717, 1.165) is 0 Å². The molecule has 0 atom stereocenters. The molecule has 0 amide bonds. The summed E-state index contributed by atoms with van der Waals surface area (Å²) in [5.41, 5.74) is 0.615. The Morgan fingerprint density at radius 3 is 1.83 bits per heavy atom. The van der Waals surface area contributed by atoms with Gasteiger partial charge in [-0.25, -0.2) is 0 Å². The molecule has 3 heteroatoms. The minimum Gasteiger partial charge on any atom is -0.299 e. The average Bonchev–Trinajstić information content (AvgIpc) is 3.28. The van der Waals surface area contributed by atoms with Gasteiger partial charge < -0.3 is 0 Å². The van der Waals surface area contributed by atoms with Crippen molar-refractivity contribution in [3.05, 3.63) is 99.1 Å². The smallest absolute Gasteiger partial charge is 0.299 e. The van der Waals surface area contributed by atoms with Gasteiger partial charge in [0.15, 0.2) is 5.78 Å². The van der Waals surface area contributed by atoms with E-state index in [0.29, 0.717) is 23.8 Å². The number of rotatable bonds is 4. The van der Waals surface area contributed by atoms with Crippen LogP contribution >= 0.6 is 0 Å². The second-order valence-electron chi connectivity index (χ2n) is 4.79. The van der Waals surface area contributed by atoms with Gasteiger partial charge >= 0.3 is 17.1 Å². The van der Waals surface area contributed by atoms with Crippen molar-refractivity contribution in [1.82, 2.24) is 0 Å². The van der Waals surface area contributed by atoms with Crippen molar-refractivity contribution in [1.29, 1.82) is 0 Å². The minimum atomic E-state index is -0.0904. The quantitative estimate of drug-likeness (QED) is 0.616. The molecule has 0 aromatic heterocycles. The number of hydrogen-bond donors (Lipinski definition) is 0. The van der Waals surface area contributed by atoms with Gasteiger partial charge in [-0.15, -0.1) is 0 Å². The van der Waals surface area contributed by atoms with Crippen LogP contribution in [0, 0.1) is 63.2 Å². The van der Waals surface area contributed by atoms with E-state index in [2.05, 4.69) is 0 Å². The molecule has 0 unspecified atom stereocenters. The van der Waals surface area contributed by atoms with Crippen molar-refractivity contribution >= 4 is 11.6 Å². The van der Waals surface area contributed by atoms with Gasteiger partial charge in [-0.2, -0.15) is 0 Å². The van der Waals surface area contributed by atoms with E-state index in [1.807, 2.05) is 50.3 Å². The zero-order chi connectivity index (χ0) is 15.8. The summed E-state index contributed by atoms with van der Waals surface area (Å²) in [5.74, 6) is 0.950. The Labute approximate surface area is 150 Å². The largest absolute Gasteiger partial charge is 2.00 e. The summed E-state index contributed by atoms with van der Waals surface area (Å²) in [4.78, 5) is 23.9. The third-order valence-electron chi connectivity index (χ3n) is 3.27. The Bertz CT molecular complexity index is 472. The molecule has 1 aromatic carbocycles. The van der Waals surface area contributed by atoms with Crippen LogP contribution in [0.25, 0.3) is 0 Å². The normalized spacial score (nSPS) is 18.0. The van der Waals surface area contributed by atoms with Crippen LogP contribution in [-0.4, -0.2) is 11.6 Å². The van der Waals surface area contributed by atoms with Gasteiger partial charge in [-0.3, -0.25) is 9.59 Å². The number of hydrogen-bond acceptors (Lipinski definition) is 2. The maximum absolute atomic E-state index is 12.2. The van der Waals surface area contributed by atoms with Gasteiger partial charge in [-0.05, 0) is 51.4 Å². The summed E-state index contributed by atoms with van der Waals surface area (Å²) in [5, 5.41) is 0. The van der Waals surface area contributed by atoms with Crippen molar-refractivity contribution in [3.8, 4) is 0 Å². The number of carbonyl (C=O) groups excluding carboxylic acids is 2. The van der Waals surface area contributed by atoms with Crippen LogP contribution in [-0.2, 0) is 21.9 Å². The molecular formula is C20H18FeO2+2. The van der Waals surface area contributed by atoms with Gasteiger partial charge in [0.1, 0.15) is 5.78 Å². The predicted octanol–water partition coefficient (Wildman–Crippen LogP) is 3.64. The third kappa shape index (κ3) is 5.89. The fourth-order valence-corrected chi connectivity index (χ4v) is 2.12. The summed E-state index contributed by atoms with van der Waals surface area (Å²) in [6, 6.07) is 9.01. The van der Waals surface area contributed by atoms with Gasteiger partial charge in [0.05, 0.1) is 11.8 Å². The van der Waals surface area contributed by atoms with E-state index in [4.69, 9.17) is 0 Å². The molecule has 10 radical (unpaired) electrons. The molecule has 0 aliphatic heterocycles. The summed E-state index contributed by atoms with van der Waals surface area (Å²) in [7, 11) is 0. The maximum atomic E-state index is 12.2. The fraction of sp³-hybridized carbons (Fsp3) is 0.100. The zero-order valence-electron chi connectivity index (χ0n) is 12.9. The van der Waals surface area contributed by atoms with Crippen LogP contribution in [0.5, 0.6) is 0 Å². The molecule has 116 valence electrons. The second kappa shape index (κ2) is 10.8. The van der Waals surface area contributed by atoms with Crippen molar-refractivity contribution in [3.63, 3.8) is 0 Å². The molecule has 0 spiro atoms. The topological polar surface area (TPSA) is 34.1 Å². The summed E-state index contributed by atoms with van der Waals surface area (Å²) in [6.07, 6.45) is 15.6. The number of Topliss-reactive ketones (excluding diaryl/α,β-unsaturated/α-hetero) is 2. The van der Waals surface area contributed by atoms with E-state index in [1.165, 1.54) is 0 Å². The Morgan fingerprint density at radius 2 is 1.30 bits per heavy atom. The van der Waals surface area contributed by atoms with Crippen molar-refractivity contribution in [2.24, 2.45) is 0 Å². The SMILES string of the molecule is CCC(=O)[C]1[CH][CH][CH][C]1C(=O)c1ccccc1.[CH]1[CH][CH][CH][CH]1.[Fe+2]. The minimum absolute atomic E-state index is 0. The summed E-state index contributed by atoms with van der Waals surface area (Å²) >= 11 is 0. The maximum Gasteiger partial charge on any atom is 2.00 e. The molecule has 2 aliphatic rings. The van der Waals surface area contributed by atoms with Gasteiger partial charge in [0.2, 0.25) is 0 Å². The molecule has 0 saturated heterocycles. The van der Waals surface area contributed by atoms with Crippen LogP contribution in [0.4, 0.5) is 0 Å². The standard InChI is InChI=1S/C15H13O2.C5H5.Fe/c1-2-14(16)12-9-6-10-13(12)15(17)11-7-4-3-5-8-11;1-2-4-5-3-1;/h3-10H,2H2,1H3;1-5H;/q;;+2. The molecule has 2 nitrogen and oxygen atoms in total. The summed E-state index contributed by atoms with van der Waals surface area (Å²) < 4.78 is 0. The fourth-order valence-electron chi connectivity index (χ4n) is 2.12. The monoisotopic (exact) mass is 346 g/mol. The van der Waals surface area contributed by atoms with Crippen molar-refractivity contribution < 1.29 is 26.7 Å². The first-order valence-corrected chi connectivity index (χ1v) is 7.29. The van der Waals surface area contributed by atoms with Crippen LogP contribution in [0.15, 0.2) is 30.3 Å². The number of benzene rings is 1. The molecule has 2 saturated carbocycles. The summed E-state index contributed by atoms with van der Waals surface area (Å²) in [6.45, 7) is 1.80. The van der Waals surface area contributed by atoms with E-state index >= 15 is 0 Å². The van der Waals surface area contributed by atoms with Crippen molar-refractivity contribution in [2.45, 2.75) is 13.3 Å². The molecule has 0 N–H and O–H groups in total. The van der Waals surface area contributed by atoms with Crippen LogP contribution in [0.3, 0.4) is 0 Å². The number of carbonyl (C=O) groups is 2. The molecule has 1 aromatic rings. The molecule has 0 heterocycles. The van der Waals surface area contributed by atoms with E-state index in [1.54, 1.807) is 38.3 Å². The number of ketones is 2. The first-order valence-electron chi connectivity index (χ1n) is 7.29. The Hall–Kier alpha value is -0.921. The first kappa shape index (κ1) is 20.1. The predicted molar refractivity (Wildman–Crippen MR) is 87.0 cm³/mol. The van der Waals surface area contributed by atoms with Crippen LogP contribution in [0.1, 0.15) is 23.7 Å². The van der Waals surface area contributed by atoms with E-state index in [-0.39, 0.29) is 28.6 Å². The Kier molecular flexibility index (Phi) is 9.43. The van der Waals surface area contributed by atoms with Gasteiger partial charge in [0, 0.05) is 12.0 Å². The molecule has 3 rings (SSSR count).